The van der Waals surface area contributed by atoms with Crippen molar-refractivity contribution in [3.8, 4) is 0 Å². The number of amides is 1. The van der Waals surface area contributed by atoms with Gasteiger partial charge in [-0.2, -0.15) is 0 Å². The number of esters is 1. The second kappa shape index (κ2) is 39.8. The fraction of sp³-hybridized carbons (Fsp3) is 0.911. The molecule has 0 rings (SSSR count). The van der Waals surface area contributed by atoms with Gasteiger partial charge in [0.2, 0.25) is 5.91 Å². The molecule has 302 valence electrons. The van der Waals surface area contributed by atoms with Crippen molar-refractivity contribution in [2.45, 2.75) is 257 Å². The molecule has 0 saturated carbocycles. The van der Waals surface area contributed by atoms with Crippen LogP contribution >= 0.6 is 0 Å². The van der Waals surface area contributed by atoms with Gasteiger partial charge in [-0.25, -0.2) is 0 Å². The molecule has 0 aromatic rings. The number of aliphatic hydroxyl groups excluding tert-OH is 2. The minimum absolute atomic E-state index is 0.0796. The number of ether oxygens (including phenoxy) is 1. The molecule has 51 heavy (non-hydrogen) atoms. The van der Waals surface area contributed by atoms with Crippen molar-refractivity contribution in [2.75, 3.05) is 6.61 Å². The molecule has 0 aliphatic heterocycles. The third-order valence-electron chi connectivity index (χ3n) is 10.3. The van der Waals surface area contributed by atoms with E-state index in [1.165, 1.54) is 135 Å². The first-order chi connectivity index (χ1) is 25.0. The zero-order chi connectivity index (χ0) is 37.5. The van der Waals surface area contributed by atoms with E-state index in [-0.39, 0.29) is 24.9 Å². The largest absolute Gasteiger partial charge is 0.462 e. The average Bonchev–Trinajstić information content (AvgIpc) is 3.12. The van der Waals surface area contributed by atoms with Crippen molar-refractivity contribution in [1.29, 1.82) is 0 Å². The Morgan fingerprint density at radius 2 is 0.980 bits per heavy atom. The van der Waals surface area contributed by atoms with Crippen molar-refractivity contribution >= 4 is 11.9 Å². The fourth-order valence-corrected chi connectivity index (χ4v) is 6.90. The molecule has 0 radical (unpaired) electrons. The van der Waals surface area contributed by atoms with Crippen LogP contribution in [0, 0.1) is 0 Å². The number of carbonyl (C=O) groups excluding carboxylic acids is 2. The highest BCUT2D eigenvalue weighted by molar-refractivity contribution is 5.77. The molecule has 3 N–H and O–H groups in total. The molecule has 1 amide bonds. The number of nitrogens with one attached hydrogen (secondary N) is 1. The monoisotopic (exact) mass is 722 g/mol. The van der Waals surface area contributed by atoms with E-state index in [1.807, 2.05) is 0 Å². The minimum Gasteiger partial charge on any atom is -0.462 e. The van der Waals surface area contributed by atoms with Crippen LogP contribution in [0.5, 0.6) is 0 Å². The highest BCUT2D eigenvalue weighted by atomic mass is 16.5. The summed E-state index contributed by atoms with van der Waals surface area (Å²) in [4.78, 5) is 25.8. The van der Waals surface area contributed by atoms with E-state index in [0.717, 1.165) is 57.8 Å². The van der Waals surface area contributed by atoms with Crippen LogP contribution in [0.15, 0.2) is 12.2 Å². The van der Waals surface area contributed by atoms with Gasteiger partial charge in [0.25, 0.3) is 0 Å². The average molecular weight is 722 g/mol. The Balaban J connectivity index is 4.49. The minimum atomic E-state index is -0.780. The predicted molar refractivity (Wildman–Crippen MR) is 218 cm³/mol. The maximum absolute atomic E-state index is 13.1. The van der Waals surface area contributed by atoms with Crippen LogP contribution in [-0.2, 0) is 14.3 Å². The Morgan fingerprint density at radius 3 is 1.47 bits per heavy atom. The molecule has 0 aromatic carbocycles. The van der Waals surface area contributed by atoms with E-state index in [2.05, 4.69) is 38.2 Å². The molecule has 0 aromatic heterocycles. The zero-order valence-corrected chi connectivity index (χ0v) is 34.3. The summed E-state index contributed by atoms with van der Waals surface area (Å²) in [6, 6.07) is -0.693. The van der Waals surface area contributed by atoms with Crippen molar-refractivity contribution in [2.24, 2.45) is 0 Å². The molecule has 0 saturated heterocycles. The van der Waals surface area contributed by atoms with Crippen LogP contribution < -0.4 is 5.32 Å². The first-order valence-electron chi connectivity index (χ1n) is 22.4. The number of aliphatic hydroxyl groups is 2. The van der Waals surface area contributed by atoms with Gasteiger partial charge in [-0.15, -0.1) is 0 Å². The van der Waals surface area contributed by atoms with E-state index in [9.17, 15) is 19.8 Å². The van der Waals surface area contributed by atoms with E-state index >= 15 is 0 Å². The van der Waals surface area contributed by atoms with Crippen LogP contribution in [0.2, 0.25) is 0 Å². The molecule has 0 heterocycles. The van der Waals surface area contributed by atoms with Crippen LogP contribution in [0.4, 0.5) is 0 Å². The topological polar surface area (TPSA) is 95.9 Å². The molecule has 6 nitrogen and oxygen atoms in total. The first-order valence-corrected chi connectivity index (χ1v) is 22.4. The lowest BCUT2D eigenvalue weighted by atomic mass is 10.0. The molecule has 0 spiro atoms. The summed E-state index contributed by atoms with van der Waals surface area (Å²) in [5, 5.41) is 23.6. The number of rotatable bonds is 40. The summed E-state index contributed by atoms with van der Waals surface area (Å²) in [6.45, 7) is 6.40. The molecule has 0 fully saturated rings. The van der Waals surface area contributed by atoms with Gasteiger partial charge in [-0.05, 0) is 44.9 Å². The molecule has 3 unspecified atom stereocenters. The lowest BCUT2D eigenvalue weighted by Crippen LogP contribution is -2.46. The van der Waals surface area contributed by atoms with Gasteiger partial charge in [0.15, 0.2) is 0 Å². The quantitative estimate of drug-likeness (QED) is 0.0332. The van der Waals surface area contributed by atoms with Gasteiger partial charge < -0.3 is 20.3 Å². The molecule has 0 aliphatic carbocycles. The van der Waals surface area contributed by atoms with Crippen molar-refractivity contribution in [3.05, 3.63) is 12.2 Å². The second-order valence-corrected chi connectivity index (χ2v) is 15.5. The molecular formula is C45H87NO5. The van der Waals surface area contributed by atoms with Crippen molar-refractivity contribution < 1.29 is 24.5 Å². The Morgan fingerprint density at radius 1 is 0.549 bits per heavy atom. The number of hydrogen-bond donors (Lipinski definition) is 3. The summed E-state index contributed by atoms with van der Waals surface area (Å²) in [7, 11) is 0. The predicted octanol–water partition coefficient (Wildman–Crippen LogP) is 12.6. The zero-order valence-electron chi connectivity index (χ0n) is 34.3. The fourth-order valence-electron chi connectivity index (χ4n) is 6.90. The van der Waals surface area contributed by atoms with Crippen molar-refractivity contribution in [1.82, 2.24) is 5.32 Å². The molecular weight excluding hydrogens is 634 g/mol. The smallest absolute Gasteiger partial charge is 0.306 e. The third kappa shape index (κ3) is 35.4. The van der Waals surface area contributed by atoms with Crippen LogP contribution in [0.25, 0.3) is 0 Å². The van der Waals surface area contributed by atoms with Gasteiger partial charge in [0, 0.05) is 6.42 Å². The van der Waals surface area contributed by atoms with E-state index < -0.39 is 18.2 Å². The number of allylic oxidation sites excluding steroid dienone is 2. The summed E-state index contributed by atoms with van der Waals surface area (Å²) in [5.41, 5.74) is 0. The van der Waals surface area contributed by atoms with Gasteiger partial charge >= 0.3 is 5.97 Å². The summed E-state index contributed by atoms with van der Waals surface area (Å²) < 4.78 is 5.87. The number of unbranched alkanes of at least 4 members (excludes halogenated alkanes) is 26. The Hall–Kier alpha value is -1.40. The number of hydrogen-bond acceptors (Lipinski definition) is 5. The second-order valence-electron chi connectivity index (χ2n) is 15.5. The van der Waals surface area contributed by atoms with E-state index in [1.54, 1.807) is 0 Å². The molecule has 6 heteroatoms. The van der Waals surface area contributed by atoms with E-state index in [4.69, 9.17) is 4.74 Å². The Kier molecular flexibility index (Phi) is 38.7. The maximum Gasteiger partial charge on any atom is 0.306 e. The van der Waals surface area contributed by atoms with Gasteiger partial charge in [0.1, 0.15) is 6.10 Å². The molecule has 0 bridgehead atoms. The van der Waals surface area contributed by atoms with Gasteiger partial charge in [-0.1, -0.05) is 193 Å². The normalized spacial score (nSPS) is 13.4. The summed E-state index contributed by atoms with van der Waals surface area (Å²) in [6.07, 6.45) is 41.3. The first kappa shape index (κ1) is 49.6. The standard InChI is InChI=1S/C45H87NO5/c1-4-7-10-13-16-19-21-22-23-25-28-31-34-37-43(48)42(40-47)46-44(49)39-41(36-33-30-27-24-18-15-12-9-6-3)51-45(50)38-35-32-29-26-20-17-14-11-8-5-2/h11,14,41-43,47-48H,4-10,12-13,15-40H2,1-3H3,(H,46,49)/b14-11-. The lowest BCUT2D eigenvalue weighted by Gasteiger charge is -2.24. The van der Waals surface area contributed by atoms with Crippen LogP contribution in [0.1, 0.15) is 239 Å². The summed E-state index contributed by atoms with van der Waals surface area (Å²) in [5.74, 6) is -0.479. The van der Waals surface area contributed by atoms with Crippen LogP contribution in [-0.4, -0.2) is 46.9 Å². The molecule has 0 aliphatic rings. The highest BCUT2D eigenvalue weighted by Gasteiger charge is 2.24. The Labute approximate surface area is 317 Å². The third-order valence-corrected chi connectivity index (χ3v) is 10.3. The Bertz CT molecular complexity index is 772. The summed E-state index contributed by atoms with van der Waals surface area (Å²) >= 11 is 0. The molecule has 3 atom stereocenters. The number of carbonyl (C=O) groups is 2. The lowest BCUT2D eigenvalue weighted by molar-refractivity contribution is -0.151. The van der Waals surface area contributed by atoms with E-state index in [0.29, 0.717) is 19.3 Å². The van der Waals surface area contributed by atoms with Crippen molar-refractivity contribution in [3.63, 3.8) is 0 Å². The highest BCUT2D eigenvalue weighted by Crippen LogP contribution is 2.18. The SMILES string of the molecule is CCC/C=C\CCCCCCCC(=O)OC(CCCCCCCCCCC)CC(=O)NC(CO)C(O)CCCCCCCCCCCCCCC. The van der Waals surface area contributed by atoms with Gasteiger partial charge in [-0.3, -0.25) is 9.59 Å². The van der Waals surface area contributed by atoms with Gasteiger partial charge in [0.05, 0.1) is 25.2 Å². The maximum atomic E-state index is 13.1. The van der Waals surface area contributed by atoms with Crippen LogP contribution in [0.3, 0.4) is 0 Å².